The number of halogens is 1. The Balaban J connectivity index is 2.88. The fourth-order valence-electron chi connectivity index (χ4n) is 1.46. The van der Waals surface area contributed by atoms with Crippen molar-refractivity contribution in [1.29, 1.82) is 0 Å². The van der Waals surface area contributed by atoms with Gasteiger partial charge in [0.1, 0.15) is 0 Å². The number of hydrogen-bond donors (Lipinski definition) is 3. The number of nitrogens with two attached hydrogens (primary N) is 1. The van der Waals surface area contributed by atoms with Crippen molar-refractivity contribution in [1.82, 2.24) is 0 Å². The van der Waals surface area contributed by atoms with Crippen LogP contribution in [0.4, 0.5) is 4.39 Å². The molecular weight excluding hydrogens is 229 g/mol. The highest BCUT2D eigenvalue weighted by molar-refractivity contribution is 5.66. The normalized spacial score (nSPS) is 12.2. The molecule has 0 fully saturated rings. The number of carboxylic acid groups (broad SMARTS) is 1. The van der Waals surface area contributed by atoms with E-state index in [0.717, 1.165) is 6.07 Å². The minimum atomic E-state index is -0.973. The summed E-state index contributed by atoms with van der Waals surface area (Å²) >= 11 is 0. The predicted molar refractivity (Wildman–Crippen MR) is 58.4 cm³/mol. The Bertz CT molecular complexity index is 399. The molecule has 17 heavy (non-hydrogen) atoms. The molecule has 0 saturated heterocycles. The van der Waals surface area contributed by atoms with Crippen LogP contribution in [0, 0.1) is 5.82 Å². The van der Waals surface area contributed by atoms with Crippen LogP contribution in [0.25, 0.3) is 0 Å². The van der Waals surface area contributed by atoms with E-state index in [1.54, 1.807) is 0 Å². The van der Waals surface area contributed by atoms with Crippen LogP contribution in [0.2, 0.25) is 0 Å². The molecule has 0 saturated carbocycles. The number of phenols is 1. The first-order chi connectivity index (χ1) is 7.95. The third-order valence-corrected chi connectivity index (χ3v) is 2.35. The molecule has 0 aliphatic carbocycles. The van der Waals surface area contributed by atoms with E-state index < -0.39 is 17.8 Å². The lowest BCUT2D eigenvalue weighted by Gasteiger charge is -2.13. The predicted octanol–water partition coefficient (Wildman–Crippen LogP) is 1.40. The lowest BCUT2D eigenvalue weighted by atomic mass is 10.0. The zero-order valence-electron chi connectivity index (χ0n) is 9.31. The van der Waals surface area contributed by atoms with Crippen LogP contribution < -0.4 is 10.5 Å². The molecule has 0 bridgehead atoms. The summed E-state index contributed by atoms with van der Waals surface area (Å²) in [6.45, 7) is 0. The van der Waals surface area contributed by atoms with Crippen molar-refractivity contribution in [3.63, 3.8) is 0 Å². The molecule has 1 aromatic carbocycles. The van der Waals surface area contributed by atoms with Crippen molar-refractivity contribution < 1.29 is 24.1 Å². The molecule has 0 aromatic heterocycles. The van der Waals surface area contributed by atoms with Gasteiger partial charge in [0.15, 0.2) is 17.3 Å². The summed E-state index contributed by atoms with van der Waals surface area (Å²) in [5.41, 5.74) is 6.03. The molecule has 94 valence electrons. The summed E-state index contributed by atoms with van der Waals surface area (Å²) in [6.07, 6.45) is 0.0517. The fourth-order valence-corrected chi connectivity index (χ4v) is 1.46. The highest BCUT2D eigenvalue weighted by Crippen LogP contribution is 2.32. The number of phenolic OH excluding ortho intramolecular Hbond substituents is 1. The van der Waals surface area contributed by atoms with Crippen molar-refractivity contribution in [3.8, 4) is 11.5 Å². The van der Waals surface area contributed by atoms with Gasteiger partial charge in [0.25, 0.3) is 0 Å². The monoisotopic (exact) mass is 243 g/mol. The van der Waals surface area contributed by atoms with E-state index >= 15 is 0 Å². The maximum atomic E-state index is 13.4. The SMILES string of the molecule is COc1c(O)cc(C(N)CCC(=O)O)cc1F. The van der Waals surface area contributed by atoms with Gasteiger partial charge in [-0.25, -0.2) is 4.39 Å². The summed E-state index contributed by atoms with van der Waals surface area (Å²) in [7, 11) is 1.24. The standard InChI is InChI=1S/C11H14FNO4/c1-17-11-7(12)4-6(5-9(11)14)8(13)2-3-10(15)16/h4-5,8,14H,2-3,13H2,1H3,(H,15,16). The number of carboxylic acids is 1. The van der Waals surface area contributed by atoms with E-state index in [9.17, 15) is 14.3 Å². The lowest BCUT2D eigenvalue weighted by molar-refractivity contribution is -0.137. The Hall–Kier alpha value is -1.82. The van der Waals surface area contributed by atoms with E-state index in [2.05, 4.69) is 4.74 Å². The van der Waals surface area contributed by atoms with Crippen molar-refractivity contribution in [3.05, 3.63) is 23.5 Å². The number of ether oxygens (including phenoxy) is 1. The van der Waals surface area contributed by atoms with Gasteiger partial charge in [0.05, 0.1) is 7.11 Å². The Morgan fingerprint density at radius 1 is 1.59 bits per heavy atom. The van der Waals surface area contributed by atoms with Gasteiger partial charge in [-0.15, -0.1) is 0 Å². The van der Waals surface area contributed by atoms with Gasteiger partial charge in [0, 0.05) is 12.5 Å². The molecule has 1 unspecified atom stereocenters. The van der Waals surface area contributed by atoms with E-state index in [-0.39, 0.29) is 24.3 Å². The summed E-state index contributed by atoms with van der Waals surface area (Å²) < 4.78 is 18.1. The maximum Gasteiger partial charge on any atom is 0.303 e. The van der Waals surface area contributed by atoms with E-state index in [1.807, 2.05) is 0 Å². The number of rotatable bonds is 5. The molecule has 0 aliphatic heterocycles. The first-order valence-electron chi connectivity index (χ1n) is 4.99. The first-order valence-corrected chi connectivity index (χ1v) is 4.99. The molecule has 1 rings (SSSR count). The minimum Gasteiger partial charge on any atom is -0.504 e. The third kappa shape index (κ3) is 3.32. The molecule has 0 amide bonds. The number of aromatic hydroxyl groups is 1. The Labute approximate surface area is 97.6 Å². The molecule has 0 spiro atoms. The number of hydrogen-bond acceptors (Lipinski definition) is 4. The van der Waals surface area contributed by atoms with Crippen LogP contribution in [-0.2, 0) is 4.79 Å². The van der Waals surface area contributed by atoms with Gasteiger partial charge in [0.2, 0.25) is 0 Å². The van der Waals surface area contributed by atoms with Gasteiger partial charge in [-0.1, -0.05) is 0 Å². The maximum absolute atomic E-state index is 13.4. The summed E-state index contributed by atoms with van der Waals surface area (Å²) in [4.78, 5) is 10.4. The molecule has 0 aliphatic rings. The van der Waals surface area contributed by atoms with Crippen molar-refractivity contribution in [2.24, 2.45) is 5.73 Å². The molecule has 5 nitrogen and oxygen atoms in total. The number of aliphatic carboxylic acids is 1. The molecule has 4 N–H and O–H groups in total. The van der Waals surface area contributed by atoms with Crippen LogP contribution in [0.5, 0.6) is 11.5 Å². The van der Waals surface area contributed by atoms with Crippen molar-refractivity contribution in [2.75, 3.05) is 7.11 Å². The lowest BCUT2D eigenvalue weighted by Crippen LogP contribution is -2.12. The number of methoxy groups -OCH3 is 1. The summed E-state index contributed by atoms with van der Waals surface area (Å²) in [6, 6.07) is 1.76. The second kappa shape index (κ2) is 5.49. The fraction of sp³-hybridized carbons (Fsp3) is 0.364. The molecule has 6 heteroatoms. The average molecular weight is 243 g/mol. The smallest absolute Gasteiger partial charge is 0.303 e. The number of carbonyl (C=O) groups is 1. The molecule has 1 aromatic rings. The topological polar surface area (TPSA) is 92.8 Å². The molecule has 1 atom stereocenters. The van der Waals surface area contributed by atoms with Gasteiger partial charge < -0.3 is 20.7 Å². The van der Waals surface area contributed by atoms with Crippen LogP contribution in [0.3, 0.4) is 0 Å². The van der Waals surface area contributed by atoms with Crippen molar-refractivity contribution >= 4 is 5.97 Å². The van der Waals surface area contributed by atoms with E-state index in [0.29, 0.717) is 5.56 Å². The van der Waals surface area contributed by atoms with Gasteiger partial charge in [-0.05, 0) is 24.1 Å². The Morgan fingerprint density at radius 2 is 2.24 bits per heavy atom. The van der Waals surface area contributed by atoms with Crippen molar-refractivity contribution in [2.45, 2.75) is 18.9 Å². The zero-order valence-corrected chi connectivity index (χ0v) is 9.31. The quantitative estimate of drug-likeness (QED) is 0.727. The Kier molecular flexibility index (Phi) is 4.28. The molecule has 0 radical (unpaired) electrons. The highest BCUT2D eigenvalue weighted by Gasteiger charge is 2.15. The van der Waals surface area contributed by atoms with Crippen LogP contribution >= 0.6 is 0 Å². The van der Waals surface area contributed by atoms with Gasteiger partial charge in [-0.3, -0.25) is 4.79 Å². The summed E-state index contributed by atoms with van der Waals surface area (Å²) in [5, 5.41) is 18.0. The molecule has 0 heterocycles. The largest absolute Gasteiger partial charge is 0.504 e. The van der Waals surface area contributed by atoms with Gasteiger partial charge in [-0.2, -0.15) is 0 Å². The second-order valence-electron chi connectivity index (χ2n) is 3.59. The second-order valence-corrected chi connectivity index (χ2v) is 3.59. The summed E-state index contributed by atoms with van der Waals surface area (Å²) in [5.74, 6) is -2.31. The Morgan fingerprint density at radius 3 is 2.71 bits per heavy atom. The van der Waals surface area contributed by atoms with Gasteiger partial charge >= 0.3 is 5.97 Å². The minimum absolute atomic E-state index is 0.115. The zero-order chi connectivity index (χ0) is 13.0. The highest BCUT2D eigenvalue weighted by atomic mass is 19.1. The van der Waals surface area contributed by atoms with Crippen LogP contribution in [0.15, 0.2) is 12.1 Å². The molecular formula is C11H14FNO4. The third-order valence-electron chi connectivity index (χ3n) is 2.35. The van der Waals surface area contributed by atoms with Crippen LogP contribution in [-0.4, -0.2) is 23.3 Å². The average Bonchev–Trinajstić information content (AvgIpc) is 2.25. The van der Waals surface area contributed by atoms with E-state index in [4.69, 9.17) is 10.8 Å². The first kappa shape index (κ1) is 13.2. The number of benzene rings is 1. The van der Waals surface area contributed by atoms with E-state index in [1.165, 1.54) is 13.2 Å². The van der Waals surface area contributed by atoms with Crippen LogP contribution in [0.1, 0.15) is 24.4 Å².